The number of carbonyl (C=O) groups excluding carboxylic acids is 1. The van der Waals surface area contributed by atoms with Crippen LogP contribution in [0.3, 0.4) is 0 Å². The molecule has 3 aromatic rings. The van der Waals surface area contributed by atoms with Gasteiger partial charge in [-0.3, -0.25) is 4.79 Å². The number of halogens is 1. The number of nitrogens with zero attached hydrogens (tertiary/aromatic N) is 1. The van der Waals surface area contributed by atoms with Crippen LogP contribution in [-0.2, 0) is 6.54 Å². The van der Waals surface area contributed by atoms with Gasteiger partial charge in [0, 0.05) is 11.6 Å². The van der Waals surface area contributed by atoms with Crippen LogP contribution < -0.4 is 9.88 Å². The molecule has 128 valence electrons. The molecule has 3 rings (SSSR count). The van der Waals surface area contributed by atoms with Gasteiger partial charge in [0.2, 0.25) is 5.78 Å². The number of aryl methyl sites for hydroxylation is 1. The van der Waals surface area contributed by atoms with E-state index < -0.39 is 6.04 Å². The minimum absolute atomic E-state index is 0.0931. The summed E-state index contributed by atoms with van der Waals surface area (Å²) in [5, 5.41) is 3.13. The van der Waals surface area contributed by atoms with Gasteiger partial charge in [-0.05, 0) is 37.3 Å². The lowest BCUT2D eigenvalue weighted by Crippen LogP contribution is -2.51. The standard InChI is InChI=1S/C18H15ClN2O2S2/c1-12-4-2-8-21(11-12)16(17(22)14-6-7-15(19)25-14)18(24)20-10-13-5-3-9-23-13/h2-9,11,16H,10H2,1H3/p+1/t16-/m0/s1. The first-order valence-corrected chi connectivity index (χ1v) is 9.22. The van der Waals surface area contributed by atoms with Crippen LogP contribution in [0.1, 0.15) is 27.0 Å². The first kappa shape index (κ1) is 17.8. The fourth-order valence-electron chi connectivity index (χ4n) is 2.43. The fraction of sp³-hybridized carbons (Fsp3) is 0.167. The molecular weight excluding hydrogens is 376 g/mol. The highest BCUT2D eigenvalue weighted by Gasteiger charge is 2.34. The average Bonchev–Trinajstić information content (AvgIpc) is 3.24. The summed E-state index contributed by atoms with van der Waals surface area (Å²) < 4.78 is 7.70. The minimum atomic E-state index is -0.639. The Labute approximate surface area is 160 Å². The van der Waals surface area contributed by atoms with E-state index in [-0.39, 0.29) is 5.78 Å². The lowest BCUT2D eigenvalue weighted by atomic mass is 10.1. The Morgan fingerprint density at radius 3 is 2.84 bits per heavy atom. The van der Waals surface area contributed by atoms with E-state index in [0.29, 0.717) is 20.7 Å². The maximum atomic E-state index is 13.1. The smallest absolute Gasteiger partial charge is 0.271 e. The van der Waals surface area contributed by atoms with Crippen molar-refractivity contribution in [2.75, 3.05) is 0 Å². The molecule has 0 spiro atoms. The lowest BCUT2D eigenvalue weighted by molar-refractivity contribution is -0.692. The van der Waals surface area contributed by atoms with Crippen molar-refractivity contribution in [2.24, 2.45) is 0 Å². The summed E-state index contributed by atoms with van der Waals surface area (Å²) in [6.45, 7) is 2.40. The number of furan rings is 1. The Hall–Kier alpha value is -2.02. The van der Waals surface area contributed by atoms with E-state index in [1.807, 2.05) is 48.1 Å². The number of carbonyl (C=O) groups is 1. The van der Waals surface area contributed by atoms with Gasteiger partial charge in [-0.2, -0.15) is 4.57 Å². The molecular formula is C18H16ClN2O2S2+. The summed E-state index contributed by atoms with van der Waals surface area (Å²) in [6, 6.07) is 10.3. The summed E-state index contributed by atoms with van der Waals surface area (Å²) in [7, 11) is 0. The molecule has 1 atom stereocenters. The van der Waals surface area contributed by atoms with Gasteiger partial charge in [0.25, 0.3) is 6.04 Å². The van der Waals surface area contributed by atoms with Crippen molar-refractivity contribution in [2.45, 2.75) is 19.5 Å². The molecule has 4 nitrogen and oxygen atoms in total. The van der Waals surface area contributed by atoms with Gasteiger partial charge in [0.1, 0.15) is 5.76 Å². The number of thiocarbonyl (C=S) groups is 1. The van der Waals surface area contributed by atoms with E-state index in [2.05, 4.69) is 5.32 Å². The normalized spacial score (nSPS) is 11.9. The molecule has 0 aliphatic rings. The van der Waals surface area contributed by atoms with E-state index in [1.165, 1.54) is 11.3 Å². The highest BCUT2D eigenvalue weighted by Crippen LogP contribution is 2.24. The van der Waals surface area contributed by atoms with Crippen LogP contribution in [0.15, 0.2) is 59.5 Å². The quantitative estimate of drug-likeness (QED) is 0.390. The van der Waals surface area contributed by atoms with Crippen LogP contribution in [0.2, 0.25) is 4.34 Å². The molecule has 1 N–H and O–H groups in total. The Balaban J connectivity index is 1.88. The van der Waals surface area contributed by atoms with Crippen molar-refractivity contribution < 1.29 is 13.8 Å². The summed E-state index contributed by atoms with van der Waals surface area (Å²) in [5.74, 6) is 0.659. The molecule has 0 aromatic carbocycles. The number of ketones is 1. The zero-order valence-corrected chi connectivity index (χ0v) is 15.8. The van der Waals surface area contributed by atoms with Crippen molar-refractivity contribution in [3.05, 3.63) is 75.6 Å². The second kappa shape index (κ2) is 7.91. The van der Waals surface area contributed by atoms with Gasteiger partial charge in [0.05, 0.1) is 22.0 Å². The topological polar surface area (TPSA) is 46.1 Å². The molecule has 25 heavy (non-hydrogen) atoms. The molecule has 7 heteroatoms. The van der Waals surface area contributed by atoms with E-state index in [1.54, 1.807) is 18.4 Å². The van der Waals surface area contributed by atoms with Crippen LogP contribution in [-0.4, -0.2) is 10.8 Å². The molecule has 3 aromatic heterocycles. The maximum absolute atomic E-state index is 13.1. The van der Waals surface area contributed by atoms with Crippen LogP contribution in [0.5, 0.6) is 0 Å². The second-order valence-electron chi connectivity index (χ2n) is 5.50. The number of hydrogen-bond acceptors (Lipinski definition) is 4. The summed E-state index contributed by atoms with van der Waals surface area (Å²) in [4.78, 5) is 14.1. The predicted molar refractivity (Wildman–Crippen MR) is 102 cm³/mol. The van der Waals surface area contributed by atoms with Gasteiger partial charge in [-0.25, -0.2) is 0 Å². The number of hydrogen-bond donors (Lipinski definition) is 1. The van der Waals surface area contributed by atoms with Crippen LogP contribution >= 0.6 is 35.2 Å². The predicted octanol–water partition coefficient (Wildman–Crippen LogP) is 4.13. The fourth-order valence-corrected chi connectivity index (χ4v) is 3.74. The molecule has 0 aliphatic heterocycles. The number of nitrogens with one attached hydrogen (secondary N) is 1. The van der Waals surface area contributed by atoms with Crippen LogP contribution in [0, 0.1) is 6.92 Å². The Bertz CT molecular complexity index is 890. The number of rotatable bonds is 6. The van der Waals surface area contributed by atoms with E-state index in [0.717, 1.165) is 11.3 Å². The molecule has 0 radical (unpaired) electrons. The minimum Gasteiger partial charge on any atom is -0.467 e. The van der Waals surface area contributed by atoms with Crippen molar-refractivity contribution >= 4 is 45.9 Å². The van der Waals surface area contributed by atoms with Crippen molar-refractivity contribution in [1.82, 2.24) is 5.32 Å². The Morgan fingerprint density at radius 2 is 2.20 bits per heavy atom. The van der Waals surface area contributed by atoms with Crippen LogP contribution in [0.4, 0.5) is 0 Å². The molecule has 0 unspecified atom stereocenters. The average molecular weight is 392 g/mol. The Morgan fingerprint density at radius 1 is 1.36 bits per heavy atom. The van der Waals surface area contributed by atoms with E-state index in [4.69, 9.17) is 28.2 Å². The van der Waals surface area contributed by atoms with Crippen LogP contribution in [0.25, 0.3) is 0 Å². The second-order valence-corrected chi connectivity index (χ2v) is 7.65. The molecule has 3 heterocycles. The highest BCUT2D eigenvalue weighted by atomic mass is 35.5. The summed E-state index contributed by atoms with van der Waals surface area (Å²) in [6.07, 6.45) is 5.34. The zero-order valence-electron chi connectivity index (χ0n) is 13.4. The van der Waals surface area contributed by atoms with Crippen molar-refractivity contribution in [1.29, 1.82) is 0 Å². The highest BCUT2D eigenvalue weighted by molar-refractivity contribution is 7.80. The lowest BCUT2D eigenvalue weighted by Gasteiger charge is -2.13. The first-order valence-electron chi connectivity index (χ1n) is 7.61. The Kier molecular flexibility index (Phi) is 5.63. The van der Waals surface area contributed by atoms with Crippen molar-refractivity contribution in [3.8, 4) is 0 Å². The molecule has 0 saturated heterocycles. The number of pyridine rings is 1. The third-order valence-corrected chi connectivity index (χ3v) is 5.21. The van der Waals surface area contributed by atoms with Crippen molar-refractivity contribution in [3.63, 3.8) is 0 Å². The van der Waals surface area contributed by atoms with E-state index >= 15 is 0 Å². The van der Waals surface area contributed by atoms with Gasteiger partial charge in [-0.15, -0.1) is 11.3 Å². The molecule has 0 bridgehead atoms. The molecule has 0 amide bonds. The monoisotopic (exact) mass is 391 g/mol. The summed E-state index contributed by atoms with van der Waals surface area (Å²) in [5.41, 5.74) is 1.04. The largest absolute Gasteiger partial charge is 0.467 e. The number of thiophene rings is 1. The van der Waals surface area contributed by atoms with E-state index in [9.17, 15) is 4.79 Å². The molecule has 0 fully saturated rings. The third kappa shape index (κ3) is 4.34. The van der Waals surface area contributed by atoms with Gasteiger partial charge in [0.15, 0.2) is 17.4 Å². The third-order valence-electron chi connectivity index (χ3n) is 3.60. The SMILES string of the molecule is Cc1ccc[n+]([C@@H](C(=O)c2ccc(Cl)s2)C(=S)NCc2ccco2)c1. The zero-order chi connectivity index (χ0) is 17.8. The first-order chi connectivity index (χ1) is 12.0. The van der Waals surface area contributed by atoms with Gasteiger partial charge < -0.3 is 9.73 Å². The molecule has 0 aliphatic carbocycles. The number of Topliss-reactive ketones (excluding diaryl/α,β-unsaturated/α-hetero) is 1. The van der Waals surface area contributed by atoms with Gasteiger partial charge >= 0.3 is 0 Å². The number of aromatic nitrogens is 1. The maximum Gasteiger partial charge on any atom is 0.271 e. The molecule has 0 saturated carbocycles. The summed E-state index contributed by atoms with van der Waals surface area (Å²) >= 11 is 12.8. The van der Waals surface area contributed by atoms with Gasteiger partial charge in [-0.1, -0.05) is 23.8 Å².